The van der Waals surface area contributed by atoms with E-state index in [1.165, 1.54) is 0 Å². The van der Waals surface area contributed by atoms with Crippen molar-refractivity contribution in [2.24, 2.45) is 5.92 Å². The number of hydrogen-bond acceptors (Lipinski definition) is 4. The molecule has 1 aliphatic heterocycles. The maximum atomic E-state index is 11.0. The Bertz CT molecular complexity index is 391. The third-order valence-corrected chi connectivity index (χ3v) is 2.92. The zero-order valence-corrected chi connectivity index (χ0v) is 9.70. The van der Waals surface area contributed by atoms with E-state index in [9.17, 15) is 4.79 Å². The third kappa shape index (κ3) is 2.65. The van der Waals surface area contributed by atoms with E-state index in [2.05, 4.69) is 5.10 Å². The Morgan fingerprint density at radius 1 is 1.76 bits per heavy atom. The molecule has 0 aliphatic carbocycles. The van der Waals surface area contributed by atoms with Crippen LogP contribution >= 0.6 is 0 Å². The van der Waals surface area contributed by atoms with Gasteiger partial charge in [-0.25, -0.2) is 0 Å². The topological polar surface area (TPSA) is 73.6 Å². The zero-order chi connectivity index (χ0) is 12.3. The van der Waals surface area contributed by atoms with Crippen molar-refractivity contribution in [1.82, 2.24) is 9.78 Å². The summed E-state index contributed by atoms with van der Waals surface area (Å²) in [5.74, 6) is -1.27. The number of hydrogen-bond donors (Lipinski definition) is 1. The predicted molar refractivity (Wildman–Crippen MR) is 58.5 cm³/mol. The van der Waals surface area contributed by atoms with Gasteiger partial charge in [0.05, 0.1) is 31.4 Å². The summed E-state index contributed by atoms with van der Waals surface area (Å²) >= 11 is 0. The molecule has 1 fully saturated rings. The van der Waals surface area contributed by atoms with E-state index in [0.717, 1.165) is 5.56 Å². The van der Waals surface area contributed by atoms with E-state index < -0.39 is 11.9 Å². The van der Waals surface area contributed by atoms with Crippen LogP contribution in [0.4, 0.5) is 0 Å². The minimum Gasteiger partial charge on any atom is -0.481 e. The lowest BCUT2D eigenvalue weighted by atomic mass is 9.98. The van der Waals surface area contributed by atoms with Crippen LogP contribution in [0.25, 0.3) is 0 Å². The van der Waals surface area contributed by atoms with Gasteiger partial charge in [0.2, 0.25) is 0 Å². The first kappa shape index (κ1) is 12.1. The van der Waals surface area contributed by atoms with Gasteiger partial charge in [-0.2, -0.15) is 5.10 Å². The van der Waals surface area contributed by atoms with Crippen LogP contribution in [0.2, 0.25) is 0 Å². The van der Waals surface area contributed by atoms with Crippen molar-refractivity contribution in [3.63, 3.8) is 0 Å². The standard InChI is InChI=1S/C11H16N2O4/c1-16-5-3-13-7-8(6-12-13)10-9(11(14)15)2-4-17-10/h6-7,9-10H,2-5H2,1H3,(H,14,15)/t9-,10+/m0/s1. The number of carboxylic acid groups (broad SMARTS) is 1. The van der Waals surface area contributed by atoms with Gasteiger partial charge in [0, 0.05) is 25.5 Å². The lowest BCUT2D eigenvalue weighted by Gasteiger charge is -2.12. The normalized spacial score (nSPS) is 24.1. The summed E-state index contributed by atoms with van der Waals surface area (Å²) in [5, 5.41) is 13.2. The molecule has 1 aliphatic rings. The SMILES string of the molecule is COCCn1cc([C@H]2OCC[C@@H]2C(=O)O)cn1. The van der Waals surface area contributed by atoms with Gasteiger partial charge < -0.3 is 14.6 Å². The first-order valence-corrected chi connectivity index (χ1v) is 5.58. The fourth-order valence-electron chi connectivity index (χ4n) is 2.00. The van der Waals surface area contributed by atoms with Crippen molar-refractivity contribution in [2.45, 2.75) is 19.1 Å². The van der Waals surface area contributed by atoms with Gasteiger partial charge in [-0.3, -0.25) is 9.48 Å². The molecule has 1 aromatic heterocycles. The molecule has 0 aromatic carbocycles. The molecular formula is C11H16N2O4. The van der Waals surface area contributed by atoms with Gasteiger partial charge in [0.25, 0.3) is 0 Å². The summed E-state index contributed by atoms with van der Waals surface area (Å²) in [7, 11) is 1.63. The van der Waals surface area contributed by atoms with Gasteiger partial charge in [-0.1, -0.05) is 0 Å². The second kappa shape index (κ2) is 5.29. The van der Waals surface area contributed by atoms with Crippen molar-refractivity contribution in [3.8, 4) is 0 Å². The Kier molecular flexibility index (Phi) is 3.75. The highest BCUT2D eigenvalue weighted by atomic mass is 16.5. The molecule has 0 bridgehead atoms. The highest BCUT2D eigenvalue weighted by Gasteiger charge is 2.35. The fourth-order valence-corrected chi connectivity index (χ4v) is 2.00. The Balaban J connectivity index is 2.06. The average Bonchev–Trinajstić information content (AvgIpc) is 2.94. The van der Waals surface area contributed by atoms with Crippen LogP contribution in [0.1, 0.15) is 18.1 Å². The summed E-state index contributed by atoms with van der Waals surface area (Å²) < 4.78 is 12.2. The summed E-state index contributed by atoms with van der Waals surface area (Å²) in [6.07, 6.45) is 3.68. The van der Waals surface area contributed by atoms with Crippen LogP contribution in [0.3, 0.4) is 0 Å². The number of rotatable bonds is 5. The van der Waals surface area contributed by atoms with Gasteiger partial charge >= 0.3 is 5.97 Å². The number of carbonyl (C=O) groups is 1. The number of aromatic nitrogens is 2. The molecule has 94 valence electrons. The lowest BCUT2D eigenvalue weighted by Crippen LogP contribution is -2.17. The zero-order valence-electron chi connectivity index (χ0n) is 9.70. The van der Waals surface area contributed by atoms with Crippen LogP contribution in [-0.4, -0.2) is 41.2 Å². The molecule has 6 nitrogen and oxygen atoms in total. The van der Waals surface area contributed by atoms with Crippen LogP contribution in [-0.2, 0) is 20.8 Å². The predicted octanol–water partition coefficient (Wildman–Crippen LogP) is 0.692. The molecular weight excluding hydrogens is 224 g/mol. The van der Waals surface area contributed by atoms with Crippen molar-refractivity contribution in [2.75, 3.05) is 20.3 Å². The van der Waals surface area contributed by atoms with Gasteiger partial charge in [-0.15, -0.1) is 0 Å². The molecule has 2 rings (SSSR count). The summed E-state index contributed by atoms with van der Waals surface area (Å²) in [6.45, 7) is 1.72. The maximum Gasteiger partial charge on any atom is 0.309 e. The largest absolute Gasteiger partial charge is 0.481 e. The Labute approximate surface area is 99.1 Å². The Morgan fingerprint density at radius 2 is 2.59 bits per heavy atom. The molecule has 1 saturated heterocycles. The van der Waals surface area contributed by atoms with E-state index in [0.29, 0.717) is 26.2 Å². The molecule has 0 spiro atoms. The summed E-state index contributed by atoms with van der Waals surface area (Å²) in [4.78, 5) is 11.0. The smallest absolute Gasteiger partial charge is 0.309 e. The van der Waals surface area contributed by atoms with Crippen LogP contribution in [0, 0.1) is 5.92 Å². The van der Waals surface area contributed by atoms with Crippen molar-refractivity contribution < 1.29 is 19.4 Å². The lowest BCUT2D eigenvalue weighted by molar-refractivity contribution is -0.143. The third-order valence-electron chi connectivity index (χ3n) is 2.92. The van der Waals surface area contributed by atoms with E-state index in [1.807, 2.05) is 6.20 Å². The minimum absolute atomic E-state index is 0.371. The number of aliphatic carboxylic acids is 1. The monoisotopic (exact) mass is 240 g/mol. The second-order valence-electron chi connectivity index (χ2n) is 4.05. The molecule has 0 saturated carbocycles. The van der Waals surface area contributed by atoms with Crippen molar-refractivity contribution >= 4 is 5.97 Å². The number of methoxy groups -OCH3 is 1. The molecule has 1 N–H and O–H groups in total. The Hall–Kier alpha value is -1.40. The van der Waals surface area contributed by atoms with E-state index >= 15 is 0 Å². The average molecular weight is 240 g/mol. The second-order valence-corrected chi connectivity index (χ2v) is 4.05. The first-order chi connectivity index (χ1) is 8.22. The molecule has 6 heteroatoms. The van der Waals surface area contributed by atoms with Gasteiger partial charge in [0.1, 0.15) is 0 Å². The number of ether oxygens (including phenoxy) is 2. The van der Waals surface area contributed by atoms with Gasteiger partial charge in [0.15, 0.2) is 0 Å². The molecule has 1 aromatic rings. The van der Waals surface area contributed by atoms with E-state index in [4.69, 9.17) is 14.6 Å². The molecule has 0 unspecified atom stereocenters. The highest BCUT2D eigenvalue weighted by molar-refractivity contribution is 5.71. The number of nitrogens with zero attached hydrogens (tertiary/aromatic N) is 2. The van der Waals surface area contributed by atoms with Crippen LogP contribution < -0.4 is 0 Å². The Morgan fingerprint density at radius 3 is 3.29 bits per heavy atom. The quantitative estimate of drug-likeness (QED) is 0.819. The summed E-state index contributed by atoms with van der Waals surface area (Å²) in [6, 6.07) is 0. The highest BCUT2D eigenvalue weighted by Crippen LogP contribution is 2.34. The van der Waals surface area contributed by atoms with E-state index in [1.54, 1.807) is 18.0 Å². The molecule has 0 radical (unpaired) electrons. The van der Waals surface area contributed by atoms with Crippen molar-refractivity contribution in [1.29, 1.82) is 0 Å². The molecule has 17 heavy (non-hydrogen) atoms. The number of carboxylic acids is 1. The van der Waals surface area contributed by atoms with Crippen LogP contribution in [0.5, 0.6) is 0 Å². The summed E-state index contributed by atoms with van der Waals surface area (Å²) in [5.41, 5.74) is 0.825. The first-order valence-electron chi connectivity index (χ1n) is 5.58. The molecule has 2 heterocycles. The van der Waals surface area contributed by atoms with Gasteiger partial charge in [-0.05, 0) is 6.42 Å². The fraction of sp³-hybridized carbons (Fsp3) is 0.636. The molecule has 2 atom stereocenters. The maximum absolute atomic E-state index is 11.0. The van der Waals surface area contributed by atoms with Crippen molar-refractivity contribution in [3.05, 3.63) is 18.0 Å². The molecule has 0 amide bonds. The minimum atomic E-state index is -0.808. The van der Waals surface area contributed by atoms with E-state index in [-0.39, 0.29) is 6.10 Å². The van der Waals surface area contributed by atoms with Crippen LogP contribution in [0.15, 0.2) is 12.4 Å².